The molecule has 0 radical (unpaired) electrons. The molecule has 0 aliphatic heterocycles. The summed E-state index contributed by atoms with van der Waals surface area (Å²) in [5, 5.41) is 0.846. The molecule has 0 bridgehead atoms. The topological polar surface area (TPSA) is 35.5 Å². The molecule has 0 aliphatic rings. The fraction of sp³-hybridized carbons (Fsp3) is 0.316. The van der Waals surface area contributed by atoms with Crippen LogP contribution in [-0.4, -0.2) is 19.7 Å². The van der Waals surface area contributed by atoms with Gasteiger partial charge in [-0.3, -0.25) is 4.79 Å². The van der Waals surface area contributed by atoms with E-state index in [0.29, 0.717) is 0 Å². The van der Waals surface area contributed by atoms with Gasteiger partial charge in [-0.15, -0.1) is 0 Å². The Balaban J connectivity index is 2.12. The number of rotatable bonds is 6. The van der Waals surface area contributed by atoms with E-state index in [0.717, 1.165) is 22.2 Å². The minimum Gasteiger partial charge on any atom is -0.492 e. The third kappa shape index (κ3) is 4.58. The molecule has 0 amide bonds. The van der Waals surface area contributed by atoms with Gasteiger partial charge in [-0.25, -0.2) is 0 Å². The highest BCUT2D eigenvalue weighted by molar-refractivity contribution is 9.08. The maximum Gasteiger partial charge on any atom is 0.314 e. The van der Waals surface area contributed by atoms with Crippen LogP contribution in [0.15, 0.2) is 48.5 Å². The maximum absolute atomic E-state index is 11.7. The smallest absolute Gasteiger partial charge is 0.314 e. The van der Waals surface area contributed by atoms with Gasteiger partial charge in [0.1, 0.15) is 12.4 Å². The molecule has 0 heterocycles. The van der Waals surface area contributed by atoms with E-state index in [4.69, 9.17) is 9.47 Å². The highest BCUT2D eigenvalue weighted by Gasteiger charge is 2.29. The Morgan fingerprint density at radius 1 is 1.09 bits per heavy atom. The first-order chi connectivity index (χ1) is 11.0. The number of esters is 1. The molecule has 4 heteroatoms. The van der Waals surface area contributed by atoms with Crippen molar-refractivity contribution in [2.45, 2.75) is 19.2 Å². The molecule has 0 spiro atoms. The Hall–Kier alpha value is -1.81. The van der Waals surface area contributed by atoms with E-state index >= 15 is 0 Å². The number of ether oxygens (including phenoxy) is 2. The largest absolute Gasteiger partial charge is 0.492 e. The van der Waals surface area contributed by atoms with E-state index in [-0.39, 0.29) is 12.6 Å². The molecular weight excluding hydrogens is 356 g/mol. The van der Waals surface area contributed by atoms with Crippen LogP contribution in [0.5, 0.6) is 5.75 Å². The van der Waals surface area contributed by atoms with Gasteiger partial charge in [0.25, 0.3) is 0 Å². The van der Waals surface area contributed by atoms with Crippen LogP contribution in [-0.2, 0) is 14.9 Å². The van der Waals surface area contributed by atoms with Gasteiger partial charge >= 0.3 is 5.97 Å². The second-order valence-electron chi connectivity index (χ2n) is 6.02. The molecule has 0 saturated carbocycles. The van der Waals surface area contributed by atoms with Crippen molar-refractivity contribution in [2.24, 2.45) is 5.41 Å². The highest BCUT2D eigenvalue weighted by atomic mass is 79.9. The average Bonchev–Trinajstić information content (AvgIpc) is 2.59. The number of carbonyl (C=O) groups excluding carboxylic acids is 1. The molecule has 0 saturated heterocycles. The average molecular weight is 377 g/mol. The molecule has 23 heavy (non-hydrogen) atoms. The van der Waals surface area contributed by atoms with Crippen molar-refractivity contribution in [3.05, 3.63) is 54.1 Å². The number of benzene rings is 2. The Bertz CT molecular complexity index is 663. The van der Waals surface area contributed by atoms with Gasteiger partial charge in [-0.1, -0.05) is 52.3 Å². The Morgan fingerprint density at radius 3 is 2.39 bits per heavy atom. The molecule has 2 aromatic carbocycles. The lowest BCUT2D eigenvalue weighted by Gasteiger charge is -2.21. The van der Waals surface area contributed by atoms with Crippen LogP contribution in [0.1, 0.15) is 19.4 Å². The van der Waals surface area contributed by atoms with Crippen LogP contribution in [0.4, 0.5) is 0 Å². The van der Waals surface area contributed by atoms with E-state index in [1.54, 1.807) is 0 Å². The molecule has 0 unspecified atom stereocenters. The SMILES string of the molecule is COC(=O)C(C)(C)COc1cccc(-c2ccc(CBr)cc2)c1. The molecule has 2 rings (SSSR count). The summed E-state index contributed by atoms with van der Waals surface area (Å²) in [7, 11) is 1.39. The number of alkyl halides is 1. The molecule has 122 valence electrons. The fourth-order valence-corrected chi connectivity index (χ4v) is 2.52. The zero-order valence-corrected chi connectivity index (χ0v) is 15.2. The van der Waals surface area contributed by atoms with Crippen LogP contribution in [0.25, 0.3) is 11.1 Å². The van der Waals surface area contributed by atoms with Gasteiger partial charge in [-0.2, -0.15) is 0 Å². The summed E-state index contributed by atoms with van der Waals surface area (Å²) in [6, 6.07) is 16.2. The zero-order chi connectivity index (χ0) is 16.9. The fourth-order valence-electron chi connectivity index (χ4n) is 2.15. The standard InChI is InChI=1S/C19H21BrO3/c1-19(2,18(21)22-3)13-23-17-6-4-5-16(11-17)15-9-7-14(12-20)8-10-15/h4-11H,12-13H2,1-3H3. The molecular formula is C19H21BrO3. The first-order valence-corrected chi connectivity index (χ1v) is 8.55. The summed E-state index contributed by atoms with van der Waals surface area (Å²) in [6.07, 6.45) is 0. The van der Waals surface area contributed by atoms with Gasteiger partial charge in [-0.05, 0) is 42.7 Å². The minimum absolute atomic E-state index is 0.269. The number of hydrogen-bond donors (Lipinski definition) is 0. The first kappa shape index (κ1) is 17.5. The number of carbonyl (C=O) groups is 1. The van der Waals surface area contributed by atoms with E-state index in [1.807, 2.05) is 38.1 Å². The monoisotopic (exact) mass is 376 g/mol. The predicted molar refractivity (Wildman–Crippen MR) is 95.8 cm³/mol. The van der Waals surface area contributed by atoms with Crippen molar-refractivity contribution in [1.29, 1.82) is 0 Å². The van der Waals surface area contributed by atoms with Gasteiger partial charge in [0.2, 0.25) is 0 Å². The van der Waals surface area contributed by atoms with Crippen molar-refractivity contribution in [2.75, 3.05) is 13.7 Å². The quantitative estimate of drug-likeness (QED) is 0.535. The number of halogens is 1. The minimum atomic E-state index is -0.678. The molecule has 0 atom stereocenters. The molecule has 0 aromatic heterocycles. The van der Waals surface area contributed by atoms with Crippen LogP contribution in [0.2, 0.25) is 0 Å². The van der Waals surface area contributed by atoms with Gasteiger partial charge in [0.15, 0.2) is 0 Å². The summed E-state index contributed by atoms with van der Waals surface area (Å²) in [5.41, 5.74) is 2.77. The predicted octanol–water partition coefficient (Wildman–Crippen LogP) is 4.83. The third-order valence-electron chi connectivity index (χ3n) is 3.61. The van der Waals surface area contributed by atoms with Crippen LogP contribution >= 0.6 is 15.9 Å². The van der Waals surface area contributed by atoms with Crippen molar-refractivity contribution in [1.82, 2.24) is 0 Å². The van der Waals surface area contributed by atoms with Gasteiger partial charge in [0, 0.05) is 5.33 Å². The third-order valence-corrected chi connectivity index (χ3v) is 4.26. The van der Waals surface area contributed by atoms with E-state index in [9.17, 15) is 4.79 Å². The van der Waals surface area contributed by atoms with E-state index in [2.05, 4.69) is 40.2 Å². The van der Waals surface area contributed by atoms with Crippen molar-refractivity contribution >= 4 is 21.9 Å². The Labute approximate surface area is 145 Å². The molecule has 0 aliphatic carbocycles. The summed E-state index contributed by atoms with van der Waals surface area (Å²) < 4.78 is 10.6. The highest BCUT2D eigenvalue weighted by Crippen LogP contribution is 2.26. The van der Waals surface area contributed by atoms with Crippen molar-refractivity contribution < 1.29 is 14.3 Å². The normalized spacial score (nSPS) is 11.1. The lowest BCUT2D eigenvalue weighted by atomic mass is 9.95. The van der Waals surface area contributed by atoms with Crippen LogP contribution in [0.3, 0.4) is 0 Å². The summed E-state index contributed by atoms with van der Waals surface area (Å²) in [5.74, 6) is 0.461. The number of hydrogen-bond acceptors (Lipinski definition) is 3. The van der Waals surface area contributed by atoms with Crippen LogP contribution in [0, 0.1) is 5.41 Å². The lowest BCUT2D eigenvalue weighted by molar-refractivity contribution is -0.152. The zero-order valence-electron chi connectivity index (χ0n) is 13.6. The van der Waals surface area contributed by atoms with Crippen molar-refractivity contribution in [3.8, 4) is 16.9 Å². The van der Waals surface area contributed by atoms with Gasteiger partial charge in [0.05, 0.1) is 12.5 Å². The maximum atomic E-state index is 11.7. The summed E-state index contributed by atoms with van der Waals surface area (Å²) in [6.45, 7) is 3.88. The molecule has 0 N–H and O–H groups in total. The van der Waals surface area contributed by atoms with E-state index in [1.165, 1.54) is 12.7 Å². The molecule has 0 fully saturated rings. The summed E-state index contributed by atoms with van der Waals surface area (Å²) in [4.78, 5) is 11.7. The second kappa shape index (κ2) is 7.64. The van der Waals surface area contributed by atoms with Gasteiger partial charge < -0.3 is 9.47 Å². The summed E-state index contributed by atoms with van der Waals surface area (Å²) >= 11 is 3.45. The molecule has 2 aromatic rings. The molecule has 3 nitrogen and oxygen atoms in total. The lowest BCUT2D eigenvalue weighted by Crippen LogP contribution is -2.32. The van der Waals surface area contributed by atoms with Crippen molar-refractivity contribution in [3.63, 3.8) is 0 Å². The van der Waals surface area contributed by atoms with Crippen LogP contribution < -0.4 is 4.74 Å². The number of methoxy groups -OCH3 is 1. The second-order valence-corrected chi connectivity index (χ2v) is 6.58. The Kier molecular flexibility index (Phi) is 5.83. The first-order valence-electron chi connectivity index (χ1n) is 7.43. The van der Waals surface area contributed by atoms with E-state index < -0.39 is 5.41 Å². The Morgan fingerprint density at radius 2 is 1.78 bits per heavy atom.